The van der Waals surface area contributed by atoms with E-state index in [-0.39, 0.29) is 11.7 Å². The fourth-order valence-corrected chi connectivity index (χ4v) is 2.87. The molecule has 2 N–H and O–H groups in total. The smallest absolute Gasteiger partial charge is 0.271 e. The molecule has 0 atom stereocenters. The van der Waals surface area contributed by atoms with E-state index in [1.54, 1.807) is 49.6 Å². The van der Waals surface area contributed by atoms with Crippen molar-refractivity contribution < 1.29 is 19.1 Å². The van der Waals surface area contributed by atoms with Gasteiger partial charge in [0.15, 0.2) is 0 Å². The van der Waals surface area contributed by atoms with Crippen molar-refractivity contribution in [2.24, 2.45) is 5.10 Å². The number of hydrogen-bond donors (Lipinski definition) is 2. The van der Waals surface area contributed by atoms with E-state index in [9.17, 15) is 9.90 Å². The number of aromatic hydroxyl groups is 1. The summed E-state index contributed by atoms with van der Waals surface area (Å²) in [5.41, 5.74) is 4.90. The number of hydrazone groups is 1. The Morgan fingerprint density at radius 1 is 1.03 bits per heavy atom. The van der Waals surface area contributed by atoms with Crippen molar-refractivity contribution in [2.45, 2.75) is 0 Å². The van der Waals surface area contributed by atoms with Gasteiger partial charge >= 0.3 is 0 Å². The van der Waals surface area contributed by atoms with E-state index in [4.69, 9.17) is 9.15 Å². The molecule has 1 heterocycles. The van der Waals surface area contributed by atoms with Crippen LogP contribution in [0, 0.1) is 0 Å². The van der Waals surface area contributed by atoms with E-state index in [1.807, 2.05) is 24.3 Å². The summed E-state index contributed by atoms with van der Waals surface area (Å²) in [5, 5.41) is 21.5. The number of phenolic OH excluding ortho intramolecular Hbond substituents is 1. The van der Waals surface area contributed by atoms with Crippen molar-refractivity contribution in [2.75, 3.05) is 7.11 Å². The average molecular weight is 414 g/mol. The van der Waals surface area contributed by atoms with Crippen LogP contribution in [0.1, 0.15) is 15.9 Å². The number of amides is 1. The Kier molecular flexibility index (Phi) is 5.70. The molecule has 8 nitrogen and oxygen atoms in total. The number of aromatic nitrogens is 2. The summed E-state index contributed by atoms with van der Waals surface area (Å²) >= 11 is 0. The van der Waals surface area contributed by atoms with Crippen LogP contribution < -0.4 is 10.2 Å². The van der Waals surface area contributed by atoms with E-state index in [2.05, 4.69) is 20.7 Å². The fourth-order valence-electron chi connectivity index (χ4n) is 2.87. The zero-order valence-corrected chi connectivity index (χ0v) is 16.5. The van der Waals surface area contributed by atoms with Gasteiger partial charge in [-0.15, -0.1) is 10.2 Å². The molecular weight excluding hydrogens is 396 g/mol. The van der Waals surface area contributed by atoms with Gasteiger partial charge in [-0.05, 0) is 54.1 Å². The van der Waals surface area contributed by atoms with Crippen LogP contribution in [0.15, 0.2) is 82.3 Å². The first-order chi connectivity index (χ1) is 15.1. The molecule has 0 fully saturated rings. The normalized spacial score (nSPS) is 10.9. The minimum absolute atomic E-state index is 0.126. The Hall–Kier alpha value is -4.46. The minimum atomic E-state index is -0.372. The first-order valence-electron chi connectivity index (χ1n) is 9.34. The van der Waals surface area contributed by atoms with Crippen molar-refractivity contribution in [3.8, 4) is 34.4 Å². The van der Waals surface area contributed by atoms with Crippen LogP contribution in [-0.4, -0.2) is 34.5 Å². The maximum Gasteiger partial charge on any atom is 0.271 e. The summed E-state index contributed by atoms with van der Waals surface area (Å²) in [7, 11) is 1.58. The molecule has 31 heavy (non-hydrogen) atoms. The summed E-state index contributed by atoms with van der Waals surface area (Å²) in [6.07, 6.45) is 1.45. The number of methoxy groups -OCH3 is 1. The van der Waals surface area contributed by atoms with Gasteiger partial charge in [0.25, 0.3) is 11.8 Å². The van der Waals surface area contributed by atoms with Gasteiger partial charge in [0, 0.05) is 11.1 Å². The molecule has 0 radical (unpaired) electrons. The highest BCUT2D eigenvalue weighted by molar-refractivity contribution is 5.95. The molecule has 154 valence electrons. The van der Waals surface area contributed by atoms with E-state index in [0.717, 1.165) is 0 Å². The molecule has 1 amide bonds. The first kappa shape index (κ1) is 19.8. The van der Waals surface area contributed by atoms with Gasteiger partial charge in [-0.1, -0.05) is 24.3 Å². The van der Waals surface area contributed by atoms with E-state index in [0.29, 0.717) is 39.8 Å². The second-order valence-electron chi connectivity index (χ2n) is 6.48. The molecule has 0 aliphatic heterocycles. The van der Waals surface area contributed by atoms with Crippen LogP contribution in [0.5, 0.6) is 11.5 Å². The van der Waals surface area contributed by atoms with Gasteiger partial charge in [0.2, 0.25) is 5.89 Å². The van der Waals surface area contributed by atoms with Crippen molar-refractivity contribution in [3.05, 3.63) is 83.9 Å². The molecule has 0 saturated carbocycles. The second kappa shape index (κ2) is 8.91. The van der Waals surface area contributed by atoms with E-state index in [1.165, 1.54) is 12.3 Å². The lowest BCUT2D eigenvalue weighted by Gasteiger charge is -2.03. The Morgan fingerprint density at radius 3 is 2.58 bits per heavy atom. The van der Waals surface area contributed by atoms with Crippen molar-refractivity contribution in [1.82, 2.24) is 15.6 Å². The molecule has 0 spiro atoms. The maximum absolute atomic E-state index is 12.3. The van der Waals surface area contributed by atoms with Gasteiger partial charge in [-0.2, -0.15) is 5.10 Å². The third kappa shape index (κ3) is 4.59. The van der Waals surface area contributed by atoms with Crippen LogP contribution in [-0.2, 0) is 0 Å². The zero-order chi connectivity index (χ0) is 21.6. The van der Waals surface area contributed by atoms with Gasteiger partial charge in [-0.25, -0.2) is 5.43 Å². The molecule has 1 aromatic heterocycles. The Bertz CT molecular complexity index is 1230. The highest BCUT2D eigenvalue weighted by Gasteiger charge is 2.14. The number of benzene rings is 3. The molecule has 0 bridgehead atoms. The average Bonchev–Trinajstić information content (AvgIpc) is 3.29. The van der Waals surface area contributed by atoms with Gasteiger partial charge in [-0.3, -0.25) is 4.79 Å². The maximum atomic E-state index is 12.3. The highest BCUT2D eigenvalue weighted by atomic mass is 16.5. The Balaban J connectivity index is 1.45. The highest BCUT2D eigenvalue weighted by Crippen LogP contribution is 2.30. The van der Waals surface area contributed by atoms with Crippen molar-refractivity contribution in [1.29, 1.82) is 0 Å². The number of carbonyl (C=O) groups is 1. The minimum Gasteiger partial charge on any atom is -0.508 e. The molecular formula is C23H18N4O4. The summed E-state index contributed by atoms with van der Waals surface area (Å²) in [4.78, 5) is 12.3. The lowest BCUT2D eigenvalue weighted by atomic mass is 10.1. The van der Waals surface area contributed by atoms with Gasteiger partial charge in [0.05, 0.1) is 18.9 Å². The van der Waals surface area contributed by atoms with Crippen LogP contribution in [0.2, 0.25) is 0 Å². The van der Waals surface area contributed by atoms with Crippen LogP contribution in [0.3, 0.4) is 0 Å². The number of rotatable bonds is 6. The lowest BCUT2D eigenvalue weighted by molar-refractivity contribution is 0.0955. The van der Waals surface area contributed by atoms with Crippen LogP contribution in [0.4, 0.5) is 0 Å². The number of ether oxygens (including phenoxy) is 1. The lowest BCUT2D eigenvalue weighted by Crippen LogP contribution is -2.17. The molecule has 4 rings (SSSR count). The molecule has 0 saturated heterocycles. The Morgan fingerprint density at radius 2 is 1.81 bits per heavy atom. The monoisotopic (exact) mass is 414 g/mol. The van der Waals surface area contributed by atoms with E-state index >= 15 is 0 Å². The first-order valence-corrected chi connectivity index (χ1v) is 9.34. The predicted molar refractivity (Wildman–Crippen MR) is 115 cm³/mol. The summed E-state index contributed by atoms with van der Waals surface area (Å²) in [6, 6.07) is 20.6. The van der Waals surface area contributed by atoms with E-state index < -0.39 is 0 Å². The Labute approximate surface area is 177 Å². The zero-order valence-electron chi connectivity index (χ0n) is 16.5. The van der Waals surface area contributed by atoms with Crippen LogP contribution in [0.25, 0.3) is 22.9 Å². The standard InChI is InChI=1S/C23H18N4O4/c1-30-20-8-3-2-7-19(20)23-27-26-22(31-23)17-11-9-16(10-12-17)21(29)25-24-14-15-5-4-6-18(28)13-15/h2-14,28H,1H3,(H,25,29)/b24-14+. The van der Waals surface area contributed by atoms with Gasteiger partial charge < -0.3 is 14.3 Å². The quantitative estimate of drug-likeness (QED) is 0.366. The molecule has 0 aliphatic carbocycles. The number of nitrogens with one attached hydrogen (secondary N) is 1. The number of phenols is 1. The molecule has 8 heteroatoms. The third-order valence-corrected chi connectivity index (χ3v) is 4.41. The van der Waals surface area contributed by atoms with Crippen molar-refractivity contribution >= 4 is 12.1 Å². The number of nitrogens with zero attached hydrogens (tertiary/aromatic N) is 3. The summed E-state index contributed by atoms with van der Waals surface area (Å²) in [5.74, 6) is 1.06. The van der Waals surface area contributed by atoms with Crippen molar-refractivity contribution in [3.63, 3.8) is 0 Å². The molecule has 4 aromatic rings. The predicted octanol–water partition coefficient (Wildman–Crippen LogP) is 3.88. The second-order valence-corrected chi connectivity index (χ2v) is 6.48. The number of carbonyl (C=O) groups excluding carboxylic acids is 1. The molecule has 0 aliphatic rings. The largest absolute Gasteiger partial charge is 0.508 e. The fraction of sp³-hybridized carbons (Fsp3) is 0.0435. The number of hydrogen-bond acceptors (Lipinski definition) is 7. The summed E-state index contributed by atoms with van der Waals surface area (Å²) in [6.45, 7) is 0. The number of para-hydroxylation sites is 1. The SMILES string of the molecule is COc1ccccc1-c1nnc(-c2ccc(C(=O)N/N=C/c3cccc(O)c3)cc2)o1. The topological polar surface area (TPSA) is 110 Å². The van der Waals surface area contributed by atoms with Gasteiger partial charge in [0.1, 0.15) is 11.5 Å². The molecule has 3 aromatic carbocycles. The third-order valence-electron chi connectivity index (χ3n) is 4.41. The molecule has 0 unspecified atom stereocenters. The van der Waals surface area contributed by atoms with Crippen LogP contribution >= 0.6 is 0 Å². The summed E-state index contributed by atoms with van der Waals surface area (Å²) < 4.78 is 11.1.